The Hall–Kier alpha value is -1.88. The lowest BCUT2D eigenvalue weighted by molar-refractivity contribution is 0.102. The molecule has 19 heavy (non-hydrogen) atoms. The first kappa shape index (κ1) is 13.5. The average molecular weight is 323 g/mol. The Kier molecular flexibility index (Phi) is 3.85. The summed E-state index contributed by atoms with van der Waals surface area (Å²) in [4.78, 5) is 12.1. The number of hydrogen-bond acceptors (Lipinski definition) is 2. The third kappa shape index (κ3) is 2.93. The van der Waals surface area contributed by atoms with Gasteiger partial charge in [-0.3, -0.25) is 4.79 Å². The Balaban J connectivity index is 2.28. The number of rotatable bonds is 2. The normalized spacial score (nSPS) is 10.3. The number of anilines is 2. The molecule has 2 rings (SSSR count). The minimum absolute atomic E-state index is 0.143. The van der Waals surface area contributed by atoms with Crippen LogP contribution in [0.5, 0.6) is 0 Å². The molecule has 0 aliphatic carbocycles. The number of carbonyl (C=O) groups is 1. The molecule has 0 saturated heterocycles. The van der Waals surface area contributed by atoms with Crippen molar-refractivity contribution in [1.29, 1.82) is 0 Å². The summed E-state index contributed by atoms with van der Waals surface area (Å²) in [6.07, 6.45) is 0. The van der Waals surface area contributed by atoms with Crippen molar-refractivity contribution in [2.24, 2.45) is 0 Å². The molecule has 3 N–H and O–H groups in total. The molecule has 2 aromatic carbocycles. The Bertz CT molecular complexity index is 643. The first-order valence-corrected chi connectivity index (χ1v) is 6.40. The van der Waals surface area contributed by atoms with Crippen molar-refractivity contribution >= 4 is 33.2 Å². The van der Waals surface area contributed by atoms with Crippen molar-refractivity contribution in [2.75, 3.05) is 11.1 Å². The lowest BCUT2D eigenvalue weighted by Crippen LogP contribution is -2.14. The summed E-state index contributed by atoms with van der Waals surface area (Å²) in [5.41, 5.74) is 7.45. The van der Waals surface area contributed by atoms with Gasteiger partial charge in [0.1, 0.15) is 5.82 Å². The van der Waals surface area contributed by atoms with Crippen molar-refractivity contribution in [3.05, 3.63) is 57.8 Å². The summed E-state index contributed by atoms with van der Waals surface area (Å²) in [5, 5.41) is 2.52. The average Bonchev–Trinajstić information content (AvgIpc) is 2.36. The highest BCUT2D eigenvalue weighted by Gasteiger charge is 2.13. The van der Waals surface area contributed by atoms with Gasteiger partial charge in [0.15, 0.2) is 0 Å². The fraction of sp³-hybridized carbons (Fsp3) is 0.0714. The lowest BCUT2D eigenvalue weighted by atomic mass is 10.1. The van der Waals surface area contributed by atoms with E-state index in [-0.39, 0.29) is 5.69 Å². The maximum atomic E-state index is 13.7. The molecule has 0 aromatic heterocycles. The standard InChI is InChI=1S/C14H12BrFN2O/c1-8-5-6-12(10(16)7-8)18-14(19)9-3-2-4-11(17)13(9)15/h2-7H,17H2,1H3,(H,18,19). The van der Waals surface area contributed by atoms with Crippen molar-refractivity contribution in [3.8, 4) is 0 Å². The molecule has 0 radical (unpaired) electrons. The van der Waals surface area contributed by atoms with E-state index < -0.39 is 11.7 Å². The zero-order valence-corrected chi connectivity index (χ0v) is 11.8. The van der Waals surface area contributed by atoms with Crippen molar-refractivity contribution in [2.45, 2.75) is 6.92 Å². The molecule has 0 bridgehead atoms. The molecule has 0 aliphatic rings. The van der Waals surface area contributed by atoms with E-state index in [2.05, 4.69) is 21.2 Å². The van der Waals surface area contributed by atoms with Crippen LogP contribution in [-0.2, 0) is 0 Å². The highest BCUT2D eigenvalue weighted by atomic mass is 79.9. The van der Waals surface area contributed by atoms with Gasteiger partial charge >= 0.3 is 0 Å². The summed E-state index contributed by atoms with van der Waals surface area (Å²) in [6, 6.07) is 9.58. The largest absolute Gasteiger partial charge is 0.398 e. The Morgan fingerprint density at radius 2 is 2.05 bits per heavy atom. The SMILES string of the molecule is Cc1ccc(NC(=O)c2cccc(N)c2Br)c(F)c1. The van der Waals surface area contributed by atoms with E-state index in [1.54, 1.807) is 31.2 Å². The van der Waals surface area contributed by atoms with Gasteiger partial charge in [0, 0.05) is 5.69 Å². The molecular formula is C14H12BrFN2O. The monoisotopic (exact) mass is 322 g/mol. The number of benzene rings is 2. The van der Waals surface area contributed by atoms with E-state index in [4.69, 9.17) is 5.73 Å². The van der Waals surface area contributed by atoms with Crippen molar-refractivity contribution in [1.82, 2.24) is 0 Å². The minimum Gasteiger partial charge on any atom is -0.398 e. The van der Waals surface area contributed by atoms with Crippen LogP contribution in [0.4, 0.5) is 15.8 Å². The molecule has 0 heterocycles. The first-order chi connectivity index (χ1) is 8.99. The van der Waals surface area contributed by atoms with Crippen LogP contribution in [0.15, 0.2) is 40.9 Å². The third-order valence-electron chi connectivity index (χ3n) is 2.65. The number of carbonyl (C=O) groups excluding carboxylic acids is 1. The molecule has 0 unspecified atom stereocenters. The predicted octanol–water partition coefficient (Wildman–Crippen LogP) is 3.73. The summed E-state index contributed by atoms with van der Waals surface area (Å²) in [5.74, 6) is -0.879. The van der Waals surface area contributed by atoms with Crippen LogP contribution in [0.3, 0.4) is 0 Å². The van der Waals surface area contributed by atoms with Gasteiger partial charge in [0.05, 0.1) is 15.7 Å². The lowest BCUT2D eigenvalue weighted by Gasteiger charge is -2.09. The molecule has 98 valence electrons. The number of nitrogen functional groups attached to an aromatic ring is 1. The zero-order valence-electron chi connectivity index (χ0n) is 10.2. The van der Waals surface area contributed by atoms with Crippen LogP contribution in [0.2, 0.25) is 0 Å². The smallest absolute Gasteiger partial charge is 0.256 e. The van der Waals surface area contributed by atoms with Crippen LogP contribution in [0, 0.1) is 12.7 Å². The molecule has 5 heteroatoms. The van der Waals surface area contributed by atoms with Gasteiger partial charge in [-0.2, -0.15) is 0 Å². The zero-order chi connectivity index (χ0) is 14.0. The second-order valence-corrected chi connectivity index (χ2v) is 4.94. The summed E-state index contributed by atoms with van der Waals surface area (Å²) in [6.45, 7) is 1.78. The molecule has 1 amide bonds. The van der Waals surface area contributed by atoms with Gasteiger partial charge in [-0.05, 0) is 52.7 Å². The summed E-state index contributed by atoms with van der Waals surface area (Å²) >= 11 is 3.24. The van der Waals surface area contributed by atoms with Crippen molar-refractivity contribution in [3.63, 3.8) is 0 Å². The summed E-state index contributed by atoms with van der Waals surface area (Å²) in [7, 11) is 0. The predicted molar refractivity (Wildman–Crippen MR) is 77.6 cm³/mol. The maximum absolute atomic E-state index is 13.7. The fourth-order valence-electron chi connectivity index (χ4n) is 1.64. The Morgan fingerprint density at radius 3 is 2.74 bits per heavy atom. The van der Waals surface area contributed by atoms with Crippen LogP contribution < -0.4 is 11.1 Å². The summed E-state index contributed by atoms with van der Waals surface area (Å²) < 4.78 is 14.2. The topological polar surface area (TPSA) is 55.1 Å². The van der Waals surface area contributed by atoms with Gasteiger partial charge in [0.25, 0.3) is 5.91 Å². The second-order valence-electron chi connectivity index (χ2n) is 4.15. The number of nitrogens with one attached hydrogen (secondary N) is 1. The molecular weight excluding hydrogens is 311 g/mol. The minimum atomic E-state index is -0.464. The van der Waals surface area contributed by atoms with Crippen LogP contribution >= 0.6 is 15.9 Å². The van der Waals surface area contributed by atoms with E-state index >= 15 is 0 Å². The van der Waals surface area contributed by atoms with E-state index in [1.165, 1.54) is 12.1 Å². The van der Waals surface area contributed by atoms with Crippen molar-refractivity contribution < 1.29 is 9.18 Å². The third-order valence-corrected chi connectivity index (χ3v) is 3.53. The highest BCUT2D eigenvalue weighted by Crippen LogP contribution is 2.25. The molecule has 0 aliphatic heterocycles. The Morgan fingerprint density at radius 1 is 1.32 bits per heavy atom. The highest BCUT2D eigenvalue weighted by molar-refractivity contribution is 9.10. The molecule has 0 spiro atoms. The molecule has 0 saturated carbocycles. The van der Waals surface area contributed by atoms with E-state index in [9.17, 15) is 9.18 Å². The molecule has 3 nitrogen and oxygen atoms in total. The molecule has 0 atom stereocenters. The number of hydrogen-bond donors (Lipinski definition) is 2. The molecule has 0 fully saturated rings. The maximum Gasteiger partial charge on any atom is 0.256 e. The van der Waals surface area contributed by atoms with Gasteiger partial charge in [-0.25, -0.2) is 4.39 Å². The fourth-order valence-corrected chi connectivity index (χ4v) is 2.08. The number of amides is 1. The van der Waals surface area contributed by atoms with Gasteiger partial charge in [0.2, 0.25) is 0 Å². The Labute approximate surface area is 118 Å². The quantitative estimate of drug-likeness (QED) is 0.828. The van der Waals surface area contributed by atoms with Crippen LogP contribution in [0.25, 0.3) is 0 Å². The van der Waals surface area contributed by atoms with Gasteiger partial charge in [-0.1, -0.05) is 12.1 Å². The first-order valence-electron chi connectivity index (χ1n) is 5.60. The van der Waals surface area contributed by atoms with Gasteiger partial charge < -0.3 is 11.1 Å². The van der Waals surface area contributed by atoms with Gasteiger partial charge in [-0.15, -0.1) is 0 Å². The van der Waals surface area contributed by atoms with E-state index in [1.807, 2.05) is 0 Å². The number of halogens is 2. The van der Waals surface area contributed by atoms with Crippen LogP contribution in [0.1, 0.15) is 15.9 Å². The number of nitrogens with two attached hydrogens (primary N) is 1. The number of aryl methyl sites for hydroxylation is 1. The van der Waals surface area contributed by atoms with E-state index in [0.29, 0.717) is 15.7 Å². The van der Waals surface area contributed by atoms with E-state index in [0.717, 1.165) is 5.56 Å². The van der Waals surface area contributed by atoms with Crippen LogP contribution in [-0.4, -0.2) is 5.91 Å². The molecule has 2 aromatic rings. The second kappa shape index (κ2) is 5.40.